The Balaban J connectivity index is 2.16. The fraction of sp³-hybridized carbons (Fsp3) is 0.263. The van der Waals surface area contributed by atoms with Crippen LogP contribution in [0.25, 0.3) is 0 Å². The van der Waals surface area contributed by atoms with Crippen molar-refractivity contribution in [3.63, 3.8) is 0 Å². The van der Waals surface area contributed by atoms with Crippen LogP contribution in [0.5, 0.6) is 5.75 Å². The van der Waals surface area contributed by atoms with Crippen LogP contribution in [-0.4, -0.2) is 33.0 Å². The quantitative estimate of drug-likeness (QED) is 0.549. The average molecular weight is 391 g/mol. The lowest BCUT2D eigenvalue weighted by molar-refractivity contribution is 0.0469. The summed E-state index contributed by atoms with van der Waals surface area (Å²) < 4.78 is 35.7. The van der Waals surface area contributed by atoms with Gasteiger partial charge in [-0.1, -0.05) is 6.07 Å². The second kappa shape index (κ2) is 8.68. The summed E-state index contributed by atoms with van der Waals surface area (Å²) in [6.07, 6.45) is 1.02. The molecule has 0 aliphatic carbocycles. The van der Waals surface area contributed by atoms with E-state index in [2.05, 4.69) is 4.72 Å². The van der Waals surface area contributed by atoms with Crippen molar-refractivity contribution >= 4 is 27.5 Å². The third-order valence-corrected chi connectivity index (χ3v) is 4.13. The van der Waals surface area contributed by atoms with Gasteiger partial charge in [0.1, 0.15) is 12.4 Å². The minimum Gasteiger partial charge on any atom is -0.493 e. The van der Waals surface area contributed by atoms with Crippen molar-refractivity contribution in [2.75, 3.05) is 17.6 Å². The fourth-order valence-corrected chi connectivity index (χ4v) is 2.91. The van der Waals surface area contributed by atoms with Gasteiger partial charge in [-0.3, -0.25) is 9.52 Å². The van der Waals surface area contributed by atoms with E-state index in [0.29, 0.717) is 23.5 Å². The molecule has 0 radical (unpaired) electrons. The fourth-order valence-electron chi connectivity index (χ4n) is 2.36. The van der Waals surface area contributed by atoms with E-state index in [1.165, 1.54) is 25.1 Å². The molecular weight excluding hydrogens is 370 g/mol. The van der Waals surface area contributed by atoms with Crippen molar-refractivity contribution in [3.05, 3.63) is 59.2 Å². The lowest BCUT2D eigenvalue weighted by Gasteiger charge is -2.12. The second-order valence-electron chi connectivity index (χ2n) is 5.84. The second-order valence-corrected chi connectivity index (χ2v) is 7.59. The third-order valence-electron chi connectivity index (χ3n) is 3.53. The first-order valence-corrected chi connectivity index (χ1v) is 10.1. The van der Waals surface area contributed by atoms with E-state index in [0.717, 1.165) is 6.26 Å². The first-order valence-electron chi connectivity index (χ1n) is 8.21. The van der Waals surface area contributed by atoms with Gasteiger partial charge in [0.05, 0.1) is 18.4 Å². The normalized spacial score (nSPS) is 10.9. The Bertz CT molecular complexity index is 952. The van der Waals surface area contributed by atoms with Crippen LogP contribution in [0.4, 0.5) is 5.69 Å². The average Bonchev–Trinajstić information content (AvgIpc) is 2.59. The number of nitrogens with one attached hydrogen (secondary N) is 1. The monoisotopic (exact) mass is 391 g/mol. The number of hydrogen-bond donors (Lipinski definition) is 1. The number of benzene rings is 2. The minimum atomic E-state index is -3.45. The van der Waals surface area contributed by atoms with E-state index < -0.39 is 16.0 Å². The minimum absolute atomic E-state index is 0.0843. The predicted molar refractivity (Wildman–Crippen MR) is 102 cm³/mol. The Hall–Kier alpha value is -2.87. The molecule has 0 unspecified atom stereocenters. The highest BCUT2D eigenvalue weighted by Crippen LogP contribution is 2.22. The zero-order valence-electron chi connectivity index (χ0n) is 15.3. The molecule has 27 heavy (non-hydrogen) atoms. The van der Waals surface area contributed by atoms with Crippen molar-refractivity contribution < 1.29 is 27.5 Å². The zero-order valence-corrected chi connectivity index (χ0v) is 16.1. The Morgan fingerprint density at radius 3 is 2.44 bits per heavy atom. The molecule has 0 saturated carbocycles. The Labute approximate surface area is 158 Å². The zero-order chi connectivity index (χ0) is 20.0. The Kier molecular flexibility index (Phi) is 6.57. The molecule has 0 aliphatic heterocycles. The summed E-state index contributed by atoms with van der Waals surface area (Å²) in [5, 5.41) is 0. The highest BCUT2D eigenvalue weighted by atomic mass is 32.2. The lowest BCUT2D eigenvalue weighted by atomic mass is 10.1. The number of carbonyl (C=O) groups is 2. The SMILES string of the molecule is CCOc1ccc(C(C)=O)cc1COC(=O)c1cccc(NS(C)(=O)=O)c1. The summed E-state index contributed by atoms with van der Waals surface area (Å²) in [5.41, 5.74) is 1.53. The predicted octanol–water partition coefficient (Wildman–Crippen LogP) is 3.02. The molecule has 0 bridgehead atoms. The van der Waals surface area contributed by atoms with Crippen LogP contribution in [0.2, 0.25) is 0 Å². The molecule has 0 saturated heterocycles. The van der Waals surface area contributed by atoms with Crippen LogP contribution in [-0.2, 0) is 21.4 Å². The van der Waals surface area contributed by atoms with Crippen LogP contribution >= 0.6 is 0 Å². The smallest absolute Gasteiger partial charge is 0.338 e. The summed E-state index contributed by atoms with van der Waals surface area (Å²) in [4.78, 5) is 23.9. The molecular formula is C19H21NO6S. The number of sulfonamides is 1. The molecule has 1 N–H and O–H groups in total. The van der Waals surface area contributed by atoms with Crippen molar-refractivity contribution in [1.29, 1.82) is 0 Å². The van der Waals surface area contributed by atoms with Crippen LogP contribution in [0, 0.1) is 0 Å². The first-order chi connectivity index (χ1) is 12.7. The van der Waals surface area contributed by atoms with Gasteiger partial charge in [0.15, 0.2) is 5.78 Å². The lowest BCUT2D eigenvalue weighted by Crippen LogP contribution is -2.11. The van der Waals surface area contributed by atoms with Gasteiger partial charge in [-0.15, -0.1) is 0 Å². The summed E-state index contributed by atoms with van der Waals surface area (Å²) >= 11 is 0. The van der Waals surface area contributed by atoms with Crippen molar-refractivity contribution in [3.8, 4) is 5.75 Å². The number of rotatable bonds is 8. The van der Waals surface area contributed by atoms with E-state index in [9.17, 15) is 18.0 Å². The number of hydrogen-bond acceptors (Lipinski definition) is 6. The number of ketones is 1. The van der Waals surface area contributed by atoms with E-state index in [-0.39, 0.29) is 23.6 Å². The van der Waals surface area contributed by atoms with Crippen molar-refractivity contribution in [2.24, 2.45) is 0 Å². The van der Waals surface area contributed by atoms with E-state index in [1.807, 2.05) is 6.92 Å². The maximum atomic E-state index is 12.3. The number of Topliss-reactive ketones (excluding diaryl/α,β-unsaturated/α-hetero) is 1. The molecule has 2 aromatic rings. The molecule has 7 nitrogen and oxygen atoms in total. The summed E-state index contributed by atoms with van der Waals surface area (Å²) in [7, 11) is -3.45. The summed E-state index contributed by atoms with van der Waals surface area (Å²) in [6.45, 7) is 3.62. The van der Waals surface area contributed by atoms with E-state index >= 15 is 0 Å². The van der Waals surface area contributed by atoms with Crippen molar-refractivity contribution in [1.82, 2.24) is 0 Å². The van der Waals surface area contributed by atoms with E-state index in [1.54, 1.807) is 24.3 Å². The van der Waals surface area contributed by atoms with E-state index in [4.69, 9.17) is 9.47 Å². The van der Waals surface area contributed by atoms with Crippen LogP contribution < -0.4 is 9.46 Å². The molecule has 144 valence electrons. The van der Waals surface area contributed by atoms with Gasteiger partial charge in [-0.25, -0.2) is 13.2 Å². The molecule has 0 aliphatic rings. The number of ether oxygens (including phenoxy) is 2. The maximum absolute atomic E-state index is 12.3. The van der Waals surface area contributed by atoms with Crippen LogP contribution in [0.15, 0.2) is 42.5 Å². The van der Waals surface area contributed by atoms with Gasteiger partial charge >= 0.3 is 5.97 Å². The molecule has 2 aromatic carbocycles. The highest BCUT2D eigenvalue weighted by molar-refractivity contribution is 7.92. The summed E-state index contributed by atoms with van der Waals surface area (Å²) in [5.74, 6) is -0.198. The maximum Gasteiger partial charge on any atom is 0.338 e. The molecule has 0 fully saturated rings. The molecule has 0 aromatic heterocycles. The number of esters is 1. The Morgan fingerprint density at radius 1 is 1.07 bits per heavy atom. The number of anilines is 1. The molecule has 0 atom stereocenters. The highest BCUT2D eigenvalue weighted by Gasteiger charge is 2.13. The molecule has 8 heteroatoms. The molecule has 0 spiro atoms. The van der Waals surface area contributed by atoms with Gasteiger partial charge in [-0.2, -0.15) is 0 Å². The molecule has 0 heterocycles. The van der Waals surface area contributed by atoms with Gasteiger partial charge in [0.2, 0.25) is 10.0 Å². The first kappa shape index (κ1) is 20.4. The largest absolute Gasteiger partial charge is 0.493 e. The van der Waals surface area contributed by atoms with Gasteiger partial charge in [-0.05, 0) is 50.2 Å². The topological polar surface area (TPSA) is 98.8 Å². The van der Waals surface area contributed by atoms with Gasteiger partial charge < -0.3 is 9.47 Å². The third kappa shape index (κ3) is 6.10. The van der Waals surface area contributed by atoms with Gasteiger partial charge in [0.25, 0.3) is 0 Å². The molecule has 0 amide bonds. The molecule has 2 rings (SSSR count). The number of carbonyl (C=O) groups excluding carboxylic acids is 2. The van der Waals surface area contributed by atoms with Gasteiger partial charge in [0, 0.05) is 16.8 Å². The van der Waals surface area contributed by atoms with Crippen LogP contribution in [0.1, 0.15) is 40.1 Å². The van der Waals surface area contributed by atoms with Crippen molar-refractivity contribution in [2.45, 2.75) is 20.5 Å². The standard InChI is InChI=1S/C19H21NO6S/c1-4-25-18-9-8-14(13(2)21)10-16(18)12-26-19(22)15-6-5-7-17(11-15)20-27(3,23)24/h5-11,20H,4,12H2,1-3H3. The Morgan fingerprint density at radius 2 is 1.81 bits per heavy atom. The summed E-state index contributed by atoms with van der Waals surface area (Å²) in [6, 6.07) is 10.9. The van der Waals surface area contributed by atoms with Crippen LogP contribution in [0.3, 0.4) is 0 Å².